The molecule has 1 aromatic carbocycles. The number of aryl methyl sites for hydroxylation is 2. The number of hydrogen-bond donors (Lipinski definition) is 1. The lowest BCUT2D eigenvalue weighted by molar-refractivity contribution is -0.384. The number of nitro benzene ring substituents is 1. The molecular formula is C22H23N5O3. The summed E-state index contributed by atoms with van der Waals surface area (Å²) in [5.41, 5.74) is 5.89. The topological polar surface area (TPSA) is 110 Å². The number of carbonyl (C=O) groups is 1. The van der Waals surface area contributed by atoms with Gasteiger partial charge in [-0.25, -0.2) is 0 Å². The summed E-state index contributed by atoms with van der Waals surface area (Å²) in [7, 11) is 0. The van der Waals surface area contributed by atoms with Crippen LogP contribution in [0.15, 0.2) is 78.4 Å². The van der Waals surface area contributed by atoms with Crippen LogP contribution in [0.4, 0.5) is 11.4 Å². The molecule has 0 spiro atoms. The Morgan fingerprint density at radius 1 is 0.933 bits per heavy atom. The maximum Gasteiger partial charge on any atom is 0.269 e. The fraction of sp³-hybridized carbons (Fsp3) is 0.182. The first-order valence-corrected chi connectivity index (χ1v) is 9.42. The fourth-order valence-corrected chi connectivity index (χ4v) is 2.39. The van der Waals surface area contributed by atoms with E-state index in [4.69, 9.17) is 0 Å². The van der Waals surface area contributed by atoms with E-state index in [1.54, 1.807) is 36.9 Å². The molecule has 0 radical (unpaired) electrons. The molecule has 0 aliphatic rings. The Bertz CT molecular complexity index is 917. The van der Waals surface area contributed by atoms with Crippen molar-refractivity contribution in [2.45, 2.75) is 25.7 Å². The van der Waals surface area contributed by atoms with Gasteiger partial charge in [-0.15, -0.1) is 0 Å². The highest BCUT2D eigenvalue weighted by molar-refractivity contribution is 5.60. The molecule has 3 aromatic rings. The number of aromatic nitrogens is 2. The number of anilines is 1. The normalized spacial score (nSPS) is 10.1. The number of pyridine rings is 2. The summed E-state index contributed by atoms with van der Waals surface area (Å²) < 4.78 is 0. The number of nitrogens with one attached hydrogen (secondary N) is 1. The first-order valence-electron chi connectivity index (χ1n) is 9.42. The van der Waals surface area contributed by atoms with Crippen molar-refractivity contribution in [1.82, 2.24) is 9.97 Å². The lowest BCUT2D eigenvalue weighted by Gasteiger charge is -1.99. The Labute approximate surface area is 174 Å². The summed E-state index contributed by atoms with van der Waals surface area (Å²) >= 11 is 0. The Kier molecular flexibility index (Phi) is 9.89. The van der Waals surface area contributed by atoms with E-state index < -0.39 is 4.92 Å². The van der Waals surface area contributed by atoms with Crippen molar-refractivity contribution < 1.29 is 9.72 Å². The fourth-order valence-electron chi connectivity index (χ4n) is 2.39. The van der Waals surface area contributed by atoms with Gasteiger partial charge in [0.2, 0.25) is 0 Å². The van der Waals surface area contributed by atoms with Gasteiger partial charge in [0.15, 0.2) is 0 Å². The maximum absolute atomic E-state index is 10.5. The molecule has 8 heteroatoms. The van der Waals surface area contributed by atoms with Crippen LogP contribution in [-0.2, 0) is 17.6 Å². The quantitative estimate of drug-likeness (QED) is 0.247. The van der Waals surface area contributed by atoms with Crippen LogP contribution in [-0.4, -0.2) is 27.4 Å². The van der Waals surface area contributed by atoms with E-state index in [1.807, 2.05) is 30.5 Å². The maximum atomic E-state index is 10.5. The van der Waals surface area contributed by atoms with Crippen molar-refractivity contribution in [3.8, 4) is 0 Å². The third kappa shape index (κ3) is 8.83. The van der Waals surface area contributed by atoms with E-state index in [9.17, 15) is 14.9 Å². The average molecular weight is 405 g/mol. The third-order valence-corrected chi connectivity index (χ3v) is 3.92. The van der Waals surface area contributed by atoms with Crippen LogP contribution in [0.5, 0.6) is 0 Å². The minimum Gasteiger partial charge on any atom is -0.303 e. The number of carbonyl (C=O) groups excluding carboxylic acids is 1. The van der Waals surface area contributed by atoms with E-state index in [1.165, 1.54) is 12.1 Å². The van der Waals surface area contributed by atoms with Gasteiger partial charge in [0, 0.05) is 49.6 Å². The van der Waals surface area contributed by atoms with Crippen molar-refractivity contribution in [3.05, 3.63) is 94.6 Å². The van der Waals surface area contributed by atoms with E-state index >= 15 is 0 Å². The Hall–Kier alpha value is -3.94. The van der Waals surface area contributed by atoms with Crippen LogP contribution in [0, 0.1) is 10.1 Å². The molecule has 30 heavy (non-hydrogen) atoms. The third-order valence-electron chi connectivity index (χ3n) is 3.92. The summed E-state index contributed by atoms with van der Waals surface area (Å²) in [5, 5.41) is 14.6. The Morgan fingerprint density at radius 3 is 2.03 bits per heavy atom. The molecule has 3 rings (SSSR count). The minimum atomic E-state index is -0.430. The molecule has 8 nitrogen and oxygen atoms in total. The molecular weight excluding hydrogens is 382 g/mol. The number of aldehydes is 1. The molecule has 154 valence electrons. The van der Waals surface area contributed by atoms with Gasteiger partial charge in [0.05, 0.1) is 10.6 Å². The van der Waals surface area contributed by atoms with E-state index in [-0.39, 0.29) is 5.69 Å². The smallest absolute Gasteiger partial charge is 0.269 e. The van der Waals surface area contributed by atoms with Crippen LogP contribution in [0.3, 0.4) is 0 Å². The second kappa shape index (κ2) is 13.3. The van der Waals surface area contributed by atoms with Gasteiger partial charge in [-0.2, -0.15) is 5.10 Å². The van der Waals surface area contributed by atoms with Crippen LogP contribution >= 0.6 is 0 Å². The second-order valence-electron chi connectivity index (χ2n) is 6.19. The summed E-state index contributed by atoms with van der Waals surface area (Å²) in [6.45, 7) is 0. The van der Waals surface area contributed by atoms with Gasteiger partial charge in [0.1, 0.15) is 6.29 Å². The first-order chi connectivity index (χ1) is 14.7. The van der Waals surface area contributed by atoms with Crippen molar-refractivity contribution in [2.75, 3.05) is 5.43 Å². The molecule has 0 amide bonds. The minimum absolute atomic E-state index is 0.0658. The number of hydrogen-bond acceptors (Lipinski definition) is 7. The Balaban J connectivity index is 0.000000269. The van der Waals surface area contributed by atoms with E-state index in [0.29, 0.717) is 12.1 Å². The highest BCUT2D eigenvalue weighted by Crippen LogP contribution is 2.15. The van der Waals surface area contributed by atoms with Gasteiger partial charge < -0.3 is 4.79 Å². The SMILES string of the molecule is O=CCCc1cccnc1.O=[N+]([O-])c1ccc(N/N=C/CCc2cccnc2)cc1. The second-order valence-corrected chi connectivity index (χ2v) is 6.19. The van der Waals surface area contributed by atoms with Crippen LogP contribution in [0.25, 0.3) is 0 Å². The largest absolute Gasteiger partial charge is 0.303 e. The standard InChI is InChI=1S/C14H14N4O2.C8H9NO/c19-18(20)14-7-5-13(6-8-14)17-16-10-2-4-12-3-1-9-15-11-12;10-6-2-4-8-3-1-5-9-7-8/h1,3,5-11,17H,2,4H2;1,3,5-7H,2,4H2/b16-10+;. The van der Waals surface area contributed by atoms with Gasteiger partial charge in [-0.05, 0) is 54.7 Å². The van der Waals surface area contributed by atoms with Gasteiger partial charge in [-0.3, -0.25) is 25.5 Å². The first kappa shape index (κ1) is 22.4. The van der Waals surface area contributed by atoms with Crippen molar-refractivity contribution in [1.29, 1.82) is 0 Å². The molecule has 1 N–H and O–H groups in total. The van der Waals surface area contributed by atoms with Gasteiger partial charge in [0.25, 0.3) is 5.69 Å². The molecule has 0 unspecified atom stereocenters. The van der Waals surface area contributed by atoms with Crippen molar-refractivity contribution in [3.63, 3.8) is 0 Å². The molecule has 0 fully saturated rings. The number of nitro groups is 1. The van der Waals surface area contributed by atoms with Crippen LogP contribution < -0.4 is 5.43 Å². The number of rotatable bonds is 9. The highest BCUT2D eigenvalue weighted by atomic mass is 16.6. The predicted molar refractivity (Wildman–Crippen MR) is 116 cm³/mol. The molecule has 0 aliphatic heterocycles. The van der Waals surface area contributed by atoms with E-state index in [0.717, 1.165) is 36.7 Å². The van der Waals surface area contributed by atoms with Crippen LogP contribution in [0.2, 0.25) is 0 Å². The number of non-ortho nitro benzene ring substituents is 1. The molecule has 2 heterocycles. The number of nitrogens with zero attached hydrogens (tertiary/aromatic N) is 4. The molecule has 0 aliphatic carbocycles. The lowest BCUT2D eigenvalue weighted by Crippen LogP contribution is -1.92. The van der Waals surface area contributed by atoms with Gasteiger partial charge >= 0.3 is 0 Å². The van der Waals surface area contributed by atoms with Crippen molar-refractivity contribution >= 4 is 23.9 Å². The predicted octanol–water partition coefficient (Wildman–Crippen LogP) is 4.23. The van der Waals surface area contributed by atoms with Gasteiger partial charge in [-0.1, -0.05) is 12.1 Å². The zero-order valence-electron chi connectivity index (χ0n) is 16.4. The highest BCUT2D eigenvalue weighted by Gasteiger charge is 2.02. The molecule has 2 aromatic heterocycles. The summed E-state index contributed by atoms with van der Waals surface area (Å²) in [6, 6.07) is 13.9. The number of benzene rings is 1. The molecule has 0 bridgehead atoms. The zero-order chi connectivity index (χ0) is 21.4. The molecule has 0 atom stereocenters. The molecule has 0 saturated heterocycles. The average Bonchev–Trinajstić information content (AvgIpc) is 2.79. The van der Waals surface area contributed by atoms with Crippen molar-refractivity contribution in [2.24, 2.45) is 5.10 Å². The number of hydrazone groups is 1. The monoisotopic (exact) mass is 405 g/mol. The zero-order valence-corrected chi connectivity index (χ0v) is 16.4. The summed E-state index contributed by atoms with van der Waals surface area (Å²) in [5.74, 6) is 0. The van der Waals surface area contributed by atoms with Crippen LogP contribution in [0.1, 0.15) is 24.0 Å². The lowest BCUT2D eigenvalue weighted by atomic mass is 10.2. The van der Waals surface area contributed by atoms with E-state index in [2.05, 4.69) is 20.5 Å². The Morgan fingerprint density at radius 2 is 1.53 bits per heavy atom. The summed E-state index contributed by atoms with van der Waals surface area (Å²) in [6.07, 6.45) is 12.8. The summed E-state index contributed by atoms with van der Waals surface area (Å²) in [4.78, 5) is 28.0. The molecule has 0 saturated carbocycles.